The van der Waals surface area contributed by atoms with Crippen molar-refractivity contribution in [2.24, 2.45) is 0 Å². The van der Waals surface area contributed by atoms with Gasteiger partial charge in [-0.05, 0) is 62.4 Å². The molecule has 5 rings (SSSR count). The quantitative estimate of drug-likeness (QED) is 0.618. The molecule has 0 aliphatic carbocycles. The van der Waals surface area contributed by atoms with Crippen molar-refractivity contribution in [3.8, 4) is 5.88 Å². The Morgan fingerprint density at radius 1 is 1.19 bits per heavy atom. The maximum absolute atomic E-state index is 12.2. The second-order valence-corrected chi connectivity index (χ2v) is 8.63. The summed E-state index contributed by atoms with van der Waals surface area (Å²) in [5.41, 5.74) is 1.82. The number of fused-ring (bicyclic) bond motifs is 2. The first-order chi connectivity index (χ1) is 14.9. The molecule has 1 fully saturated rings. The van der Waals surface area contributed by atoms with Gasteiger partial charge in [0.15, 0.2) is 0 Å². The minimum absolute atomic E-state index is 0.270. The van der Waals surface area contributed by atoms with Crippen LogP contribution in [0.3, 0.4) is 0 Å². The van der Waals surface area contributed by atoms with Crippen molar-refractivity contribution in [3.05, 3.63) is 47.4 Å². The number of esters is 1. The van der Waals surface area contributed by atoms with E-state index in [1.807, 2.05) is 26.1 Å². The number of cyclic esters (lactones) is 1. The number of hydrogen-bond donors (Lipinski definition) is 2. The van der Waals surface area contributed by atoms with Gasteiger partial charge in [-0.3, -0.25) is 0 Å². The molecular weight excluding hydrogens is 394 g/mol. The van der Waals surface area contributed by atoms with Crippen LogP contribution in [0.25, 0.3) is 10.8 Å². The fourth-order valence-electron chi connectivity index (χ4n) is 4.36. The molecular formula is C23H25N5O3. The van der Waals surface area contributed by atoms with Crippen LogP contribution in [0, 0.1) is 0 Å². The lowest BCUT2D eigenvalue weighted by Gasteiger charge is -2.30. The first-order valence-corrected chi connectivity index (χ1v) is 10.5. The zero-order valence-electron chi connectivity index (χ0n) is 17.9. The molecule has 2 N–H and O–H groups in total. The monoisotopic (exact) mass is 419 g/mol. The van der Waals surface area contributed by atoms with Gasteiger partial charge in [0.05, 0.1) is 23.8 Å². The van der Waals surface area contributed by atoms with E-state index in [1.54, 1.807) is 25.4 Å². The number of methoxy groups -OCH3 is 1. The standard InChI is InChI=1S/C23H25N5O3/c1-23(2)10-18-13(22(29)31-23)6-7-19(27-18)28-20-9-14-15(17-5-4-8-24-17)11-26-21(30-3)16(14)12-25-20/h6-7,9,11-12,17,24H,4-5,8,10H2,1-3H3,(H,25,27,28). The summed E-state index contributed by atoms with van der Waals surface area (Å²) < 4.78 is 10.9. The van der Waals surface area contributed by atoms with Gasteiger partial charge in [0, 0.05) is 24.9 Å². The topological polar surface area (TPSA) is 98.3 Å². The Labute approximate surface area is 180 Å². The van der Waals surface area contributed by atoms with Crippen LogP contribution in [0.15, 0.2) is 30.6 Å². The number of aromatic nitrogens is 3. The largest absolute Gasteiger partial charge is 0.481 e. The Bertz CT molecular complexity index is 1170. The number of pyridine rings is 3. The Morgan fingerprint density at radius 3 is 2.84 bits per heavy atom. The molecule has 3 aromatic rings. The molecule has 31 heavy (non-hydrogen) atoms. The van der Waals surface area contributed by atoms with Gasteiger partial charge in [0.25, 0.3) is 0 Å². The van der Waals surface area contributed by atoms with Gasteiger partial charge in [0.1, 0.15) is 17.2 Å². The van der Waals surface area contributed by atoms with Crippen molar-refractivity contribution < 1.29 is 14.3 Å². The minimum atomic E-state index is -0.566. The molecule has 3 aromatic heterocycles. The highest BCUT2D eigenvalue weighted by atomic mass is 16.6. The Kier molecular flexibility index (Phi) is 4.74. The van der Waals surface area contributed by atoms with Crippen LogP contribution in [-0.4, -0.2) is 40.2 Å². The molecule has 160 valence electrons. The number of rotatable bonds is 4. The predicted molar refractivity (Wildman–Crippen MR) is 117 cm³/mol. The van der Waals surface area contributed by atoms with Crippen molar-refractivity contribution in [1.82, 2.24) is 20.3 Å². The highest BCUT2D eigenvalue weighted by Crippen LogP contribution is 2.34. The first-order valence-electron chi connectivity index (χ1n) is 10.5. The van der Waals surface area contributed by atoms with Crippen molar-refractivity contribution in [3.63, 3.8) is 0 Å². The van der Waals surface area contributed by atoms with Gasteiger partial charge in [-0.2, -0.15) is 0 Å². The molecule has 1 saturated heterocycles. The molecule has 8 nitrogen and oxygen atoms in total. The van der Waals surface area contributed by atoms with Gasteiger partial charge in [-0.1, -0.05) is 0 Å². The SMILES string of the molecule is COc1ncc(C2CCCN2)c2cc(Nc3ccc4c(n3)CC(C)(C)OC4=O)ncc12. The van der Waals surface area contributed by atoms with Gasteiger partial charge in [-0.15, -0.1) is 0 Å². The minimum Gasteiger partial charge on any atom is -0.481 e. The van der Waals surface area contributed by atoms with E-state index in [-0.39, 0.29) is 12.0 Å². The Morgan fingerprint density at radius 2 is 2.06 bits per heavy atom. The average molecular weight is 419 g/mol. The van der Waals surface area contributed by atoms with Crippen molar-refractivity contribution in [2.75, 3.05) is 19.0 Å². The maximum Gasteiger partial charge on any atom is 0.340 e. The normalized spacial score (nSPS) is 19.7. The van der Waals surface area contributed by atoms with Crippen LogP contribution in [0.2, 0.25) is 0 Å². The van der Waals surface area contributed by atoms with Gasteiger partial charge >= 0.3 is 5.97 Å². The van der Waals surface area contributed by atoms with Crippen molar-refractivity contribution >= 4 is 28.4 Å². The lowest BCUT2D eigenvalue weighted by molar-refractivity contribution is -0.00714. The van der Waals surface area contributed by atoms with E-state index in [0.717, 1.165) is 41.4 Å². The summed E-state index contributed by atoms with van der Waals surface area (Å²) in [6.45, 7) is 4.78. The van der Waals surface area contributed by atoms with Crippen molar-refractivity contribution in [1.29, 1.82) is 0 Å². The highest BCUT2D eigenvalue weighted by Gasteiger charge is 2.33. The van der Waals surface area contributed by atoms with Gasteiger partial charge < -0.3 is 20.1 Å². The number of carbonyl (C=O) groups is 1. The second-order valence-electron chi connectivity index (χ2n) is 8.63. The highest BCUT2D eigenvalue weighted by molar-refractivity contribution is 5.93. The zero-order chi connectivity index (χ0) is 21.6. The molecule has 0 radical (unpaired) electrons. The first kappa shape index (κ1) is 19.7. The molecule has 5 heterocycles. The van der Waals surface area contributed by atoms with Crippen LogP contribution >= 0.6 is 0 Å². The van der Waals surface area contributed by atoms with Crippen molar-refractivity contribution in [2.45, 2.75) is 44.8 Å². The van der Waals surface area contributed by atoms with Crippen LogP contribution in [-0.2, 0) is 11.2 Å². The fourth-order valence-corrected chi connectivity index (χ4v) is 4.36. The number of carbonyl (C=O) groups excluding carboxylic acids is 1. The molecule has 2 aliphatic heterocycles. The third kappa shape index (κ3) is 3.67. The van der Waals surface area contributed by atoms with Crippen LogP contribution < -0.4 is 15.4 Å². The van der Waals surface area contributed by atoms with Gasteiger partial charge in [0.2, 0.25) is 5.88 Å². The second kappa shape index (κ2) is 7.46. The predicted octanol–water partition coefficient (Wildman–Crippen LogP) is 3.69. The summed E-state index contributed by atoms with van der Waals surface area (Å²) in [4.78, 5) is 25.9. The number of nitrogens with one attached hydrogen (secondary N) is 2. The van der Waals surface area contributed by atoms with Gasteiger partial charge in [-0.25, -0.2) is 19.7 Å². The third-order valence-electron chi connectivity index (χ3n) is 5.81. The number of hydrogen-bond acceptors (Lipinski definition) is 8. The molecule has 0 saturated carbocycles. The Hall–Kier alpha value is -3.26. The molecule has 0 amide bonds. The van der Waals surface area contributed by atoms with E-state index in [0.29, 0.717) is 29.5 Å². The Balaban J connectivity index is 1.51. The summed E-state index contributed by atoms with van der Waals surface area (Å²) in [5.74, 6) is 1.54. The van der Waals surface area contributed by atoms with E-state index < -0.39 is 5.60 Å². The van der Waals surface area contributed by atoms with Crippen LogP contribution in [0.1, 0.15) is 54.3 Å². The smallest absolute Gasteiger partial charge is 0.340 e. The summed E-state index contributed by atoms with van der Waals surface area (Å²) in [5, 5.41) is 8.75. The summed E-state index contributed by atoms with van der Waals surface area (Å²) in [7, 11) is 1.62. The number of ether oxygens (including phenoxy) is 2. The summed E-state index contributed by atoms with van der Waals surface area (Å²) >= 11 is 0. The van der Waals surface area contributed by atoms with E-state index in [9.17, 15) is 4.79 Å². The van der Waals surface area contributed by atoms with E-state index in [4.69, 9.17) is 9.47 Å². The van der Waals surface area contributed by atoms with Crippen LogP contribution in [0.4, 0.5) is 11.6 Å². The number of nitrogens with zero attached hydrogens (tertiary/aromatic N) is 3. The zero-order valence-corrected chi connectivity index (χ0v) is 17.9. The lowest BCUT2D eigenvalue weighted by atomic mass is 9.95. The average Bonchev–Trinajstić information content (AvgIpc) is 3.26. The summed E-state index contributed by atoms with van der Waals surface area (Å²) in [6, 6.07) is 5.81. The molecule has 0 aromatic carbocycles. The molecule has 2 aliphatic rings. The molecule has 0 spiro atoms. The molecule has 1 atom stereocenters. The third-order valence-corrected chi connectivity index (χ3v) is 5.81. The van der Waals surface area contributed by atoms with E-state index >= 15 is 0 Å². The van der Waals surface area contributed by atoms with E-state index in [1.165, 1.54) is 0 Å². The maximum atomic E-state index is 12.2. The fraction of sp³-hybridized carbons (Fsp3) is 0.391. The molecule has 0 bridgehead atoms. The molecule has 1 unspecified atom stereocenters. The van der Waals surface area contributed by atoms with Crippen LogP contribution in [0.5, 0.6) is 5.88 Å². The molecule has 8 heteroatoms. The van der Waals surface area contributed by atoms with E-state index in [2.05, 4.69) is 25.6 Å². The lowest BCUT2D eigenvalue weighted by Crippen LogP contribution is -2.36. The summed E-state index contributed by atoms with van der Waals surface area (Å²) in [6.07, 6.45) is 6.45. The number of anilines is 2.